The molecule has 0 unspecified atom stereocenters. The summed E-state index contributed by atoms with van der Waals surface area (Å²) in [5.41, 5.74) is 1.06. The summed E-state index contributed by atoms with van der Waals surface area (Å²) in [6.45, 7) is 16.3. The van der Waals surface area contributed by atoms with Crippen molar-refractivity contribution in [3.63, 3.8) is 0 Å². The molecule has 0 fully saturated rings. The number of aliphatic hydroxyl groups excluding tert-OH is 4. The predicted octanol–water partition coefficient (Wildman–Crippen LogP) is 5.12. The molecule has 0 aliphatic carbocycles. The summed E-state index contributed by atoms with van der Waals surface area (Å²) in [5.74, 6) is -0.0625. The minimum Gasteiger partial charge on any atom is -0.515 e. The second-order valence-electron chi connectivity index (χ2n) is 5.71. The molecule has 8 heteroatoms. The zero-order chi connectivity index (χ0) is 25.8. The van der Waals surface area contributed by atoms with Gasteiger partial charge in [0.25, 0.3) is 0 Å². The van der Waals surface area contributed by atoms with Gasteiger partial charge in [0.2, 0.25) is 0 Å². The van der Waals surface area contributed by atoms with Crippen LogP contribution in [0.5, 0.6) is 0 Å². The minimum atomic E-state index is -0.125. The zero-order valence-corrected chi connectivity index (χ0v) is 19.2. The van der Waals surface area contributed by atoms with E-state index >= 15 is 0 Å². The van der Waals surface area contributed by atoms with Gasteiger partial charge >= 0.3 is 0 Å². The fraction of sp³-hybridized carbons (Fsp3) is 0.304. The molecule has 0 aromatic carbocycles. The maximum Gasteiger partial charge on any atom is 0.145 e. The number of hydrogen-bond acceptors (Lipinski definition) is 8. The van der Waals surface area contributed by atoms with Gasteiger partial charge in [-0.15, -0.1) is 0 Å². The van der Waals surface area contributed by atoms with Gasteiger partial charge in [-0.05, 0) is 53.7 Å². The predicted molar refractivity (Wildman–Crippen MR) is 124 cm³/mol. The third-order valence-electron chi connectivity index (χ3n) is 1.76. The van der Waals surface area contributed by atoms with Gasteiger partial charge in [0.05, 0.1) is 18.4 Å². The first-order valence-corrected chi connectivity index (χ1v) is 8.79. The Morgan fingerprint density at radius 1 is 0.774 bits per heavy atom. The van der Waals surface area contributed by atoms with E-state index in [0.29, 0.717) is 12.5 Å². The van der Waals surface area contributed by atoms with E-state index in [9.17, 15) is 14.4 Å². The Morgan fingerprint density at radius 2 is 1.16 bits per heavy atom. The quantitative estimate of drug-likeness (QED) is 0.146. The molecule has 0 aromatic heterocycles. The van der Waals surface area contributed by atoms with Gasteiger partial charge in [-0.3, -0.25) is 19.2 Å². The number of allylic oxidation sites excluding steroid dienone is 7. The van der Waals surface area contributed by atoms with Crippen molar-refractivity contribution in [3.8, 4) is 0 Å². The Balaban J connectivity index is -0.0000000917. The van der Waals surface area contributed by atoms with E-state index in [2.05, 4.69) is 13.2 Å². The molecule has 0 aliphatic heterocycles. The first-order chi connectivity index (χ1) is 14.2. The average Bonchev–Trinajstić information content (AvgIpc) is 2.54. The van der Waals surface area contributed by atoms with Crippen LogP contribution < -0.4 is 0 Å². The van der Waals surface area contributed by atoms with E-state index in [1.807, 2.05) is 13.8 Å². The highest BCUT2D eigenvalue weighted by atomic mass is 16.3. The maximum atomic E-state index is 10.0. The van der Waals surface area contributed by atoms with Crippen LogP contribution in [0.1, 0.15) is 48.0 Å². The lowest BCUT2D eigenvalue weighted by atomic mass is 10.2. The molecular weight excluding hydrogens is 404 g/mol. The molecule has 0 heterocycles. The molecule has 0 rings (SSSR count). The highest BCUT2D eigenvalue weighted by Gasteiger charge is 1.94. The van der Waals surface area contributed by atoms with E-state index in [4.69, 9.17) is 25.2 Å². The molecular formula is C23H36O8. The number of hydrogen-bond donors (Lipinski definition) is 4. The van der Waals surface area contributed by atoms with E-state index in [1.165, 1.54) is 32.9 Å². The van der Waals surface area contributed by atoms with Gasteiger partial charge < -0.3 is 20.4 Å². The van der Waals surface area contributed by atoms with Crippen LogP contribution in [-0.4, -0.2) is 44.6 Å². The van der Waals surface area contributed by atoms with Gasteiger partial charge in [-0.1, -0.05) is 24.8 Å². The van der Waals surface area contributed by atoms with Crippen molar-refractivity contribution < 1.29 is 39.6 Å². The smallest absolute Gasteiger partial charge is 0.145 e. The topological polar surface area (TPSA) is 149 Å². The van der Waals surface area contributed by atoms with Gasteiger partial charge in [-0.25, -0.2) is 0 Å². The highest BCUT2D eigenvalue weighted by molar-refractivity contribution is 5.96. The Kier molecular flexibility index (Phi) is 38.0. The van der Waals surface area contributed by atoms with Crippen LogP contribution in [0.15, 0.2) is 72.7 Å². The largest absolute Gasteiger partial charge is 0.515 e. The molecule has 4 N–H and O–H groups in total. The van der Waals surface area contributed by atoms with Crippen LogP contribution in [0.2, 0.25) is 0 Å². The van der Waals surface area contributed by atoms with Crippen LogP contribution in [0.25, 0.3) is 0 Å². The van der Waals surface area contributed by atoms with Gasteiger partial charge in [0, 0.05) is 12.2 Å². The minimum absolute atomic E-state index is 0.0625. The Bertz CT molecular complexity index is 586. The first kappa shape index (κ1) is 38.0. The number of aldehydes is 2. The van der Waals surface area contributed by atoms with Crippen molar-refractivity contribution in [2.75, 3.05) is 0 Å². The standard InChI is InChI=1S/C6H10O.2C5H8O2.C4H6O.C3H4O2/c1-5(2)4-6(3)7;2*1-4(6)3-5(2)7;1-2-3-4-5;4-2-1-3-5/h4,7H,3H2,1-2H3;3H2,1-2H3;3,6-7H,1H2,2H3;2-4H,1H3;1-4H/b;;5-3-;3-2-;2-1-. The lowest BCUT2D eigenvalue weighted by molar-refractivity contribution is -0.124. The maximum absolute atomic E-state index is 10.0. The van der Waals surface area contributed by atoms with Crippen LogP contribution in [0.3, 0.4) is 0 Å². The monoisotopic (exact) mass is 440 g/mol. The normalized spacial score (nSPS) is 9.03. The summed E-state index contributed by atoms with van der Waals surface area (Å²) in [6.07, 6.45) is 8.93. The lowest BCUT2D eigenvalue weighted by Crippen LogP contribution is -1.97. The highest BCUT2D eigenvalue weighted by Crippen LogP contribution is 1.92. The zero-order valence-electron chi connectivity index (χ0n) is 19.2. The molecule has 0 bridgehead atoms. The van der Waals surface area contributed by atoms with Gasteiger partial charge in [-0.2, -0.15) is 0 Å². The molecule has 0 spiro atoms. The van der Waals surface area contributed by atoms with Crippen molar-refractivity contribution in [3.05, 3.63) is 72.7 Å². The summed E-state index contributed by atoms with van der Waals surface area (Å²) in [7, 11) is 0. The number of Topliss-reactive ketones (excluding diaryl/α,β-unsaturated/α-hetero) is 2. The average molecular weight is 441 g/mol. The first-order valence-electron chi connectivity index (χ1n) is 8.79. The number of aliphatic hydroxyl groups is 4. The third kappa shape index (κ3) is 103. The number of carbonyl (C=O) groups is 4. The molecule has 0 amide bonds. The van der Waals surface area contributed by atoms with Crippen molar-refractivity contribution >= 4 is 24.1 Å². The molecule has 0 aliphatic rings. The fourth-order valence-electron chi connectivity index (χ4n) is 1.04. The van der Waals surface area contributed by atoms with Crippen LogP contribution >= 0.6 is 0 Å². The number of carbonyl (C=O) groups excluding carboxylic acids is 4. The molecule has 8 nitrogen and oxygen atoms in total. The molecule has 31 heavy (non-hydrogen) atoms. The van der Waals surface area contributed by atoms with Gasteiger partial charge in [0.15, 0.2) is 0 Å². The Labute approximate surface area is 184 Å². The van der Waals surface area contributed by atoms with E-state index in [1.54, 1.807) is 19.1 Å². The van der Waals surface area contributed by atoms with Crippen LogP contribution in [0.4, 0.5) is 0 Å². The van der Waals surface area contributed by atoms with Crippen LogP contribution in [0, 0.1) is 0 Å². The second-order valence-corrected chi connectivity index (χ2v) is 5.71. The number of ketones is 2. The van der Waals surface area contributed by atoms with Crippen molar-refractivity contribution in [1.29, 1.82) is 0 Å². The van der Waals surface area contributed by atoms with Crippen molar-refractivity contribution in [2.45, 2.75) is 48.0 Å². The van der Waals surface area contributed by atoms with E-state index < -0.39 is 0 Å². The Morgan fingerprint density at radius 3 is 1.16 bits per heavy atom. The molecule has 0 saturated carbocycles. The summed E-state index contributed by atoms with van der Waals surface area (Å²) >= 11 is 0. The summed E-state index contributed by atoms with van der Waals surface area (Å²) in [4.78, 5) is 38.5. The molecule has 0 radical (unpaired) electrons. The number of rotatable bonds is 6. The summed E-state index contributed by atoms with van der Waals surface area (Å²) < 4.78 is 0. The molecule has 0 saturated heterocycles. The summed E-state index contributed by atoms with van der Waals surface area (Å²) in [6, 6.07) is 0. The van der Waals surface area contributed by atoms with Crippen molar-refractivity contribution in [2.24, 2.45) is 0 Å². The fourth-order valence-corrected chi connectivity index (χ4v) is 1.04. The van der Waals surface area contributed by atoms with Crippen LogP contribution in [-0.2, 0) is 19.2 Å². The molecule has 0 aromatic rings. The van der Waals surface area contributed by atoms with E-state index in [-0.39, 0.29) is 35.3 Å². The lowest BCUT2D eigenvalue weighted by Gasteiger charge is -1.85. The molecule has 0 atom stereocenters. The molecule has 176 valence electrons. The van der Waals surface area contributed by atoms with Gasteiger partial charge in [0.1, 0.15) is 35.7 Å². The van der Waals surface area contributed by atoms with E-state index in [0.717, 1.165) is 17.9 Å². The Hall–Kier alpha value is -3.68. The SMILES string of the molecule is C/C=C\C=O.C=C(O)/C=C(/C)O.C=C(O)C=C(C)C.CC(=O)CC(C)=O.O=C/C=C\O. The van der Waals surface area contributed by atoms with Crippen molar-refractivity contribution in [1.82, 2.24) is 0 Å². The third-order valence-corrected chi connectivity index (χ3v) is 1.76. The summed E-state index contributed by atoms with van der Waals surface area (Å²) in [5, 5.41) is 32.8. The second kappa shape index (κ2) is 31.0.